The van der Waals surface area contributed by atoms with Crippen LogP contribution in [0.25, 0.3) is 0 Å². The number of anilines is 1. The lowest BCUT2D eigenvalue weighted by molar-refractivity contribution is -0.139. The molecule has 1 unspecified atom stereocenters. The maximum absolute atomic E-state index is 13.0. The Morgan fingerprint density at radius 2 is 1.70 bits per heavy atom. The molecule has 0 bridgehead atoms. The van der Waals surface area contributed by atoms with Crippen LogP contribution in [0.5, 0.6) is 0 Å². The fourth-order valence-electron chi connectivity index (χ4n) is 3.18. The summed E-state index contributed by atoms with van der Waals surface area (Å²) in [7, 11) is 3.63. The molecule has 0 spiro atoms. The highest BCUT2D eigenvalue weighted by Crippen LogP contribution is 2.38. The number of rotatable bonds is 9. The molecule has 9 heteroatoms. The normalized spacial score (nSPS) is 16.3. The number of carbonyl (C=O) groups excluding carboxylic acids is 2. The van der Waals surface area contributed by atoms with Crippen LogP contribution in [0, 0.1) is 0 Å². The minimum atomic E-state index is -0.776. The summed E-state index contributed by atoms with van der Waals surface area (Å²) >= 11 is 0. The molecule has 0 fully saturated rings. The Balaban J connectivity index is 2.72. The van der Waals surface area contributed by atoms with Gasteiger partial charge < -0.3 is 24.4 Å². The minimum absolute atomic E-state index is 0.167. The zero-order chi connectivity index (χ0) is 22.3. The maximum atomic E-state index is 13.0. The third-order valence-corrected chi connectivity index (χ3v) is 4.45. The third-order valence-electron chi connectivity index (χ3n) is 4.45. The largest absolute Gasteiger partial charge is 0.463 e. The predicted octanol–water partition coefficient (Wildman–Crippen LogP) is 1.92. The van der Waals surface area contributed by atoms with Crippen molar-refractivity contribution in [2.75, 3.05) is 45.4 Å². The molecule has 1 atom stereocenters. The van der Waals surface area contributed by atoms with Crippen LogP contribution in [0.4, 0.5) is 5.95 Å². The van der Waals surface area contributed by atoms with E-state index in [9.17, 15) is 9.59 Å². The number of nitrogens with one attached hydrogen (secondary N) is 1. The van der Waals surface area contributed by atoms with Crippen LogP contribution in [0.15, 0.2) is 34.8 Å². The molecule has 1 aliphatic rings. The number of allylic oxidation sites excluding steroid dienone is 1. The van der Waals surface area contributed by atoms with E-state index in [2.05, 4.69) is 15.3 Å². The van der Waals surface area contributed by atoms with Gasteiger partial charge in [0.15, 0.2) is 0 Å². The lowest BCUT2D eigenvalue weighted by Crippen LogP contribution is -2.35. The summed E-state index contributed by atoms with van der Waals surface area (Å²) in [6, 6.07) is 1.69. The number of nitrogens with zero attached hydrogens (tertiary/aromatic N) is 3. The predicted molar refractivity (Wildman–Crippen MR) is 112 cm³/mol. The topological polar surface area (TPSA) is 103 Å². The Morgan fingerprint density at radius 1 is 1.07 bits per heavy atom. The molecule has 164 valence electrons. The molecule has 30 heavy (non-hydrogen) atoms. The minimum Gasteiger partial charge on any atom is -0.463 e. The van der Waals surface area contributed by atoms with Gasteiger partial charge in [-0.25, -0.2) is 19.6 Å². The van der Waals surface area contributed by atoms with Crippen LogP contribution < -0.4 is 10.2 Å². The highest BCUT2D eigenvalue weighted by molar-refractivity contribution is 5.99. The molecular formula is C21H30N4O5. The fraction of sp³-hybridized carbons (Fsp3) is 0.524. The van der Waals surface area contributed by atoms with Gasteiger partial charge in [0.1, 0.15) is 0 Å². The molecule has 0 radical (unpaired) electrons. The molecule has 9 nitrogen and oxygen atoms in total. The van der Waals surface area contributed by atoms with Crippen molar-refractivity contribution in [3.63, 3.8) is 0 Å². The Hall–Kier alpha value is -2.94. The third kappa shape index (κ3) is 5.15. The van der Waals surface area contributed by atoms with Gasteiger partial charge >= 0.3 is 11.9 Å². The van der Waals surface area contributed by atoms with Crippen molar-refractivity contribution >= 4 is 17.9 Å². The quantitative estimate of drug-likeness (QED) is 0.602. The van der Waals surface area contributed by atoms with Gasteiger partial charge in [0.05, 0.1) is 48.3 Å². The first-order chi connectivity index (χ1) is 14.3. The summed E-state index contributed by atoms with van der Waals surface area (Å²) in [6.45, 7) is 8.13. The van der Waals surface area contributed by atoms with Gasteiger partial charge in [0.2, 0.25) is 5.95 Å². The van der Waals surface area contributed by atoms with Crippen molar-refractivity contribution in [2.45, 2.75) is 33.6 Å². The van der Waals surface area contributed by atoms with E-state index in [0.717, 1.165) is 0 Å². The van der Waals surface area contributed by atoms with Crippen LogP contribution in [0.2, 0.25) is 0 Å². The van der Waals surface area contributed by atoms with Crippen molar-refractivity contribution in [2.24, 2.45) is 0 Å². The molecule has 0 saturated heterocycles. The summed E-state index contributed by atoms with van der Waals surface area (Å²) in [5.41, 5.74) is 2.20. The number of hydrogen-bond donors (Lipinski definition) is 1. The molecular weight excluding hydrogens is 388 g/mol. The van der Waals surface area contributed by atoms with Gasteiger partial charge in [-0.3, -0.25) is 0 Å². The van der Waals surface area contributed by atoms with E-state index in [1.54, 1.807) is 37.9 Å². The first-order valence-electron chi connectivity index (χ1n) is 9.98. The molecule has 0 aliphatic carbocycles. The van der Waals surface area contributed by atoms with Crippen LogP contribution in [0.3, 0.4) is 0 Å². The van der Waals surface area contributed by atoms with Gasteiger partial charge in [0, 0.05) is 32.6 Å². The van der Waals surface area contributed by atoms with Gasteiger partial charge in [-0.05, 0) is 33.8 Å². The van der Waals surface area contributed by atoms with Crippen LogP contribution >= 0.6 is 0 Å². The Kier molecular flexibility index (Phi) is 8.35. The van der Waals surface area contributed by atoms with E-state index in [1.807, 2.05) is 21.0 Å². The molecule has 0 amide bonds. The molecule has 1 aromatic heterocycles. The Bertz CT molecular complexity index is 848. The highest BCUT2D eigenvalue weighted by Gasteiger charge is 2.40. The SMILES string of the molecule is CCOCC1=C(C(=O)OCC)C(c2ccnc(N(C)C)n2)C(C(=O)OCC)=C(C)N1. The van der Waals surface area contributed by atoms with Gasteiger partial charge in [-0.15, -0.1) is 0 Å². The van der Waals surface area contributed by atoms with E-state index in [1.165, 1.54) is 0 Å². The average molecular weight is 418 g/mol. The first-order valence-corrected chi connectivity index (χ1v) is 9.98. The molecule has 0 aromatic carbocycles. The molecule has 2 heterocycles. The average Bonchev–Trinajstić information content (AvgIpc) is 2.71. The molecule has 0 saturated carbocycles. The van der Waals surface area contributed by atoms with Crippen molar-refractivity contribution < 1.29 is 23.8 Å². The number of aromatic nitrogens is 2. The second-order valence-electron chi connectivity index (χ2n) is 6.74. The maximum Gasteiger partial charge on any atom is 0.336 e. The molecule has 1 N–H and O–H groups in total. The smallest absolute Gasteiger partial charge is 0.336 e. The van der Waals surface area contributed by atoms with E-state index in [4.69, 9.17) is 14.2 Å². The first kappa shape index (κ1) is 23.3. The Morgan fingerprint density at radius 3 is 2.27 bits per heavy atom. The van der Waals surface area contributed by atoms with Crippen LogP contribution in [-0.4, -0.2) is 62.4 Å². The Labute approximate surface area is 177 Å². The second kappa shape index (κ2) is 10.7. The van der Waals surface area contributed by atoms with Crippen molar-refractivity contribution in [1.82, 2.24) is 15.3 Å². The monoisotopic (exact) mass is 418 g/mol. The lowest BCUT2D eigenvalue weighted by Gasteiger charge is -2.31. The number of hydrogen-bond acceptors (Lipinski definition) is 9. The number of esters is 2. The van der Waals surface area contributed by atoms with Crippen LogP contribution in [0.1, 0.15) is 39.3 Å². The summed E-state index contributed by atoms with van der Waals surface area (Å²) in [4.78, 5) is 36.5. The van der Waals surface area contributed by atoms with Crippen molar-refractivity contribution in [3.05, 3.63) is 40.5 Å². The number of carbonyl (C=O) groups is 2. The summed E-state index contributed by atoms with van der Waals surface area (Å²) in [5.74, 6) is -1.37. The van der Waals surface area contributed by atoms with Gasteiger partial charge in [-0.2, -0.15) is 0 Å². The molecule has 1 aromatic rings. The number of ether oxygens (including phenoxy) is 3. The zero-order valence-electron chi connectivity index (χ0n) is 18.4. The zero-order valence-corrected chi connectivity index (χ0v) is 18.4. The van der Waals surface area contributed by atoms with Gasteiger partial charge in [-0.1, -0.05) is 0 Å². The fourth-order valence-corrected chi connectivity index (χ4v) is 3.18. The van der Waals surface area contributed by atoms with Crippen LogP contribution in [-0.2, 0) is 23.8 Å². The number of dihydropyridines is 1. The van der Waals surface area contributed by atoms with E-state index in [-0.39, 0.29) is 25.4 Å². The van der Waals surface area contributed by atoms with E-state index in [0.29, 0.717) is 35.2 Å². The second-order valence-corrected chi connectivity index (χ2v) is 6.74. The van der Waals surface area contributed by atoms with E-state index >= 15 is 0 Å². The summed E-state index contributed by atoms with van der Waals surface area (Å²) in [6.07, 6.45) is 1.60. The van der Waals surface area contributed by atoms with Crippen molar-refractivity contribution in [3.8, 4) is 0 Å². The lowest BCUT2D eigenvalue weighted by atomic mass is 9.82. The molecule has 2 rings (SSSR count). The summed E-state index contributed by atoms with van der Waals surface area (Å²) < 4.78 is 16.2. The molecule has 1 aliphatic heterocycles. The van der Waals surface area contributed by atoms with Gasteiger partial charge in [0.25, 0.3) is 0 Å². The highest BCUT2D eigenvalue weighted by atomic mass is 16.5. The van der Waals surface area contributed by atoms with Crippen molar-refractivity contribution in [1.29, 1.82) is 0 Å². The van der Waals surface area contributed by atoms with E-state index < -0.39 is 17.9 Å². The summed E-state index contributed by atoms with van der Waals surface area (Å²) in [5, 5.41) is 3.15. The standard InChI is InChI=1S/C21H30N4O5/c1-7-28-12-15-18(20(27)30-9-3)17(14-10-11-22-21(24-14)25(5)6)16(13(4)23-15)19(26)29-8-2/h10-11,17,23H,7-9,12H2,1-6H3.